The van der Waals surface area contributed by atoms with Crippen molar-refractivity contribution in [2.45, 2.75) is 6.54 Å². The van der Waals surface area contributed by atoms with Crippen LogP contribution in [0.4, 0.5) is 4.39 Å². The van der Waals surface area contributed by atoms with Gasteiger partial charge in [0.25, 0.3) is 5.91 Å². The Kier molecular flexibility index (Phi) is 4.94. The maximum absolute atomic E-state index is 13.8. The topological polar surface area (TPSA) is 20.3 Å². The van der Waals surface area contributed by atoms with E-state index in [1.54, 1.807) is 13.1 Å². The fourth-order valence-electron chi connectivity index (χ4n) is 1.82. The average molecular weight is 401 g/mol. The van der Waals surface area contributed by atoms with Gasteiger partial charge in [-0.3, -0.25) is 4.79 Å². The molecule has 0 aliphatic rings. The molecule has 0 aliphatic carbocycles. The van der Waals surface area contributed by atoms with E-state index >= 15 is 0 Å². The monoisotopic (exact) mass is 399 g/mol. The summed E-state index contributed by atoms with van der Waals surface area (Å²) in [5, 5.41) is 0. The predicted octanol–water partition coefficient (Wildman–Crippen LogP) is 4.62. The Morgan fingerprint density at radius 2 is 1.90 bits per heavy atom. The zero-order valence-corrected chi connectivity index (χ0v) is 13.9. The van der Waals surface area contributed by atoms with E-state index < -0.39 is 5.82 Å². The van der Waals surface area contributed by atoms with Crippen LogP contribution in [0.2, 0.25) is 0 Å². The molecule has 0 bridgehead atoms. The number of hydrogen-bond donors (Lipinski definition) is 0. The number of amides is 1. The third-order valence-electron chi connectivity index (χ3n) is 2.87. The Morgan fingerprint density at radius 3 is 2.55 bits per heavy atom. The van der Waals surface area contributed by atoms with Crippen molar-refractivity contribution in [3.8, 4) is 0 Å². The van der Waals surface area contributed by atoms with Gasteiger partial charge in [-0.2, -0.15) is 0 Å². The van der Waals surface area contributed by atoms with Gasteiger partial charge in [-0.25, -0.2) is 4.39 Å². The number of nitrogens with zero attached hydrogens (tertiary/aromatic N) is 1. The third-order valence-corrected chi connectivity index (χ3v) is 4.14. The minimum absolute atomic E-state index is 0.0720. The van der Waals surface area contributed by atoms with Gasteiger partial charge < -0.3 is 4.90 Å². The Balaban J connectivity index is 2.19. The molecule has 0 N–H and O–H groups in total. The lowest BCUT2D eigenvalue weighted by atomic mass is 10.1. The summed E-state index contributed by atoms with van der Waals surface area (Å²) < 4.78 is 15.3. The molecule has 5 heteroatoms. The first-order valence-corrected chi connectivity index (χ1v) is 7.51. The fraction of sp³-hybridized carbons (Fsp3) is 0.133. The maximum atomic E-state index is 13.8. The summed E-state index contributed by atoms with van der Waals surface area (Å²) in [6.07, 6.45) is 0. The highest BCUT2D eigenvalue weighted by atomic mass is 79.9. The lowest BCUT2D eigenvalue weighted by molar-refractivity contribution is 0.0780. The summed E-state index contributed by atoms with van der Waals surface area (Å²) in [6.45, 7) is 0.412. The molecular formula is C15H12Br2FNO. The summed E-state index contributed by atoms with van der Waals surface area (Å²) in [5.74, 6) is -0.867. The lowest BCUT2D eigenvalue weighted by Crippen LogP contribution is -2.27. The first kappa shape index (κ1) is 15.2. The molecule has 2 aromatic carbocycles. The Hall–Kier alpha value is -1.20. The summed E-state index contributed by atoms with van der Waals surface area (Å²) in [4.78, 5) is 13.7. The van der Waals surface area contributed by atoms with Crippen molar-refractivity contribution < 1.29 is 9.18 Å². The lowest BCUT2D eigenvalue weighted by Gasteiger charge is -2.18. The van der Waals surface area contributed by atoms with Gasteiger partial charge in [-0.15, -0.1) is 0 Å². The highest BCUT2D eigenvalue weighted by Crippen LogP contribution is 2.20. The molecule has 0 unspecified atom stereocenters. The third kappa shape index (κ3) is 3.46. The quantitative estimate of drug-likeness (QED) is 0.735. The molecule has 0 saturated heterocycles. The fourth-order valence-corrected chi connectivity index (χ4v) is 2.57. The second kappa shape index (κ2) is 6.50. The molecule has 0 heterocycles. The number of halogens is 3. The first-order chi connectivity index (χ1) is 9.49. The van der Waals surface area contributed by atoms with Gasteiger partial charge in [0.15, 0.2) is 0 Å². The van der Waals surface area contributed by atoms with Crippen LogP contribution in [-0.4, -0.2) is 17.9 Å². The highest BCUT2D eigenvalue weighted by molar-refractivity contribution is 9.10. The summed E-state index contributed by atoms with van der Waals surface area (Å²) >= 11 is 6.61. The van der Waals surface area contributed by atoms with E-state index in [-0.39, 0.29) is 11.5 Å². The summed E-state index contributed by atoms with van der Waals surface area (Å²) in [6, 6.07) is 12.1. The van der Waals surface area contributed by atoms with Crippen LogP contribution in [-0.2, 0) is 6.54 Å². The van der Waals surface area contributed by atoms with Crippen LogP contribution in [0.25, 0.3) is 0 Å². The summed E-state index contributed by atoms with van der Waals surface area (Å²) in [7, 11) is 1.66. The number of carbonyl (C=O) groups is 1. The van der Waals surface area contributed by atoms with E-state index in [0.29, 0.717) is 11.0 Å². The predicted molar refractivity (Wildman–Crippen MR) is 84.0 cm³/mol. The molecule has 1 amide bonds. The molecule has 0 aliphatic heterocycles. The number of carbonyl (C=O) groups excluding carboxylic acids is 1. The van der Waals surface area contributed by atoms with Crippen molar-refractivity contribution in [1.82, 2.24) is 4.90 Å². The van der Waals surface area contributed by atoms with Crippen LogP contribution in [0.15, 0.2) is 51.4 Å². The Bertz CT molecular complexity index is 646. The van der Waals surface area contributed by atoms with Gasteiger partial charge in [-0.1, -0.05) is 50.1 Å². The van der Waals surface area contributed by atoms with Crippen LogP contribution in [0.3, 0.4) is 0 Å². The highest BCUT2D eigenvalue weighted by Gasteiger charge is 2.17. The second-order valence-corrected chi connectivity index (χ2v) is 6.15. The SMILES string of the molecule is CN(Cc1ccccc1Br)C(=O)c1ccc(Br)cc1F. The van der Waals surface area contributed by atoms with Crippen molar-refractivity contribution in [3.05, 3.63) is 68.4 Å². The first-order valence-electron chi connectivity index (χ1n) is 5.93. The normalized spacial score (nSPS) is 10.4. The minimum Gasteiger partial charge on any atom is -0.337 e. The van der Waals surface area contributed by atoms with Crippen LogP contribution >= 0.6 is 31.9 Å². The van der Waals surface area contributed by atoms with Crippen molar-refractivity contribution >= 4 is 37.8 Å². The Labute approximate surface area is 133 Å². The zero-order valence-electron chi connectivity index (χ0n) is 10.7. The minimum atomic E-state index is -0.525. The molecule has 0 atom stereocenters. The molecule has 0 saturated carbocycles. The van der Waals surface area contributed by atoms with Gasteiger partial charge in [0, 0.05) is 22.5 Å². The molecule has 0 spiro atoms. The van der Waals surface area contributed by atoms with Crippen LogP contribution in [0, 0.1) is 5.82 Å². The summed E-state index contributed by atoms with van der Waals surface area (Å²) in [5.41, 5.74) is 1.05. The smallest absolute Gasteiger partial charge is 0.256 e. The van der Waals surface area contributed by atoms with Gasteiger partial charge >= 0.3 is 0 Å². The molecule has 2 nitrogen and oxygen atoms in total. The van der Waals surface area contributed by atoms with Crippen LogP contribution < -0.4 is 0 Å². The van der Waals surface area contributed by atoms with E-state index in [4.69, 9.17) is 0 Å². The zero-order chi connectivity index (χ0) is 14.7. The second-order valence-electron chi connectivity index (χ2n) is 4.38. The molecule has 20 heavy (non-hydrogen) atoms. The molecule has 0 fully saturated rings. The van der Waals surface area contributed by atoms with Gasteiger partial charge in [0.1, 0.15) is 5.82 Å². The number of hydrogen-bond acceptors (Lipinski definition) is 1. The van der Waals surface area contributed by atoms with Crippen molar-refractivity contribution in [3.63, 3.8) is 0 Å². The molecule has 104 valence electrons. The van der Waals surface area contributed by atoms with Crippen molar-refractivity contribution in [2.24, 2.45) is 0 Å². The van der Waals surface area contributed by atoms with Crippen molar-refractivity contribution in [2.75, 3.05) is 7.05 Å². The van der Waals surface area contributed by atoms with E-state index in [1.807, 2.05) is 24.3 Å². The molecule has 0 radical (unpaired) electrons. The maximum Gasteiger partial charge on any atom is 0.256 e. The molecule has 2 rings (SSSR count). The van der Waals surface area contributed by atoms with E-state index in [2.05, 4.69) is 31.9 Å². The van der Waals surface area contributed by atoms with Gasteiger partial charge in [-0.05, 0) is 29.8 Å². The Morgan fingerprint density at radius 1 is 1.20 bits per heavy atom. The largest absolute Gasteiger partial charge is 0.337 e. The number of benzene rings is 2. The van der Waals surface area contributed by atoms with Gasteiger partial charge in [0.2, 0.25) is 0 Å². The molecule has 0 aromatic heterocycles. The van der Waals surface area contributed by atoms with Gasteiger partial charge in [0.05, 0.1) is 5.56 Å². The van der Waals surface area contributed by atoms with Crippen LogP contribution in [0.5, 0.6) is 0 Å². The standard InChI is InChI=1S/C15H12Br2FNO/c1-19(9-10-4-2-3-5-13(10)17)15(20)12-7-6-11(16)8-14(12)18/h2-8H,9H2,1H3. The van der Waals surface area contributed by atoms with E-state index in [1.165, 1.54) is 17.0 Å². The van der Waals surface area contributed by atoms with Crippen molar-refractivity contribution in [1.29, 1.82) is 0 Å². The van der Waals surface area contributed by atoms with Crippen LogP contribution in [0.1, 0.15) is 15.9 Å². The average Bonchev–Trinajstić information content (AvgIpc) is 2.40. The molecule has 2 aromatic rings. The van der Waals surface area contributed by atoms with E-state index in [0.717, 1.165) is 10.0 Å². The van der Waals surface area contributed by atoms with E-state index in [9.17, 15) is 9.18 Å². The molecular weight excluding hydrogens is 389 g/mol. The number of rotatable bonds is 3.